The summed E-state index contributed by atoms with van der Waals surface area (Å²) in [6.07, 6.45) is 0.952. The fourth-order valence-corrected chi connectivity index (χ4v) is 4.43. The van der Waals surface area contributed by atoms with E-state index in [1.165, 1.54) is 0 Å². The van der Waals surface area contributed by atoms with Crippen LogP contribution in [0.4, 0.5) is 0 Å². The summed E-state index contributed by atoms with van der Waals surface area (Å²) in [7, 11) is 1.65. The molecule has 1 amide bonds. The molecule has 0 aromatic heterocycles. The number of methoxy groups -OCH3 is 1. The van der Waals surface area contributed by atoms with Crippen LogP contribution < -0.4 is 4.74 Å². The molecule has 1 heterocycles. The summed E-state index contributed by atoms with van der Waals surface area (Å²) in [4.78, 5) is 15.3. The smallest absolute Gasteiger partial charge is 0.245 e. The van der Waals surface area contributed by atoms with Crippen LogP contribution in [0.25, 0.3) is 0 Å². The highest BCUT2D eigenvalue weighted by atomic mass is 32.2. The van der Waals surface area contributed by atoms with Crippen molar-refractivity contribution in [3.05, 3.63) is 60.2 Å². The van der Waals surface area contributed by atoms with E-state index in [0.717, 1.165) is 29.2 Å². The van der Waals surface area contributed by atoms with Crippen LogP contribution in [0.3, 0.4) is 0 Å². The molecule has 0 saturated carbocycles. The summed E-state index contributed by atoms with van der Waals surface area (Å²) in [5.41, 5.74) is 0.358. The molecule has 2 aromatic rings. The molecule has 0 N–H and O–H groups in total. The normalized spacial score (nSPS) is 21.0. The molecule has 0 aliphatic carbocycles. The minimum Gasteiger partial charge on any atom is -0.457 e. The first kappa shape index (κ1) is 19.8. The van der Waals surface area contributed by atoms with Crippen LogP contribution in [0.15, 0.2) is 54.6 Å². The zero-order valence-electron chi connectivity index (χ0n) is 16.4. The van der Waals surface area contributed by atoms with E-state index in [0.29, 0.717) is 6.54 Å². The lowest BCUT2D eigenvalue weighted by Crippen LogP contribution is -2.53. The van der Waals surface area contributed by atoms with E-state index in [9.17, 15) is 4.79 Å². The van der Waals surface area contributed by atoms with Gasteiger partial charge in [-0.2, -0.15) is 0 Å². The van der Waals surface area contributed by atoms with Crippen LogP contribution >= 0.6 is 11.8 Å². The first-order valence-electron chi connectivity index (χ1n) is 9.21. The number of carbonyl (C=O) groups excluding carboxylic acids is 1. The van der Waals surface area contributed by atoms with Gasteiger partial charge in [0.25, 0.3) is 0 Å². The Bertz CT molecular complexity index is 776. The number of nitrogens with zero attached hydrogens (tertiary/aromatic N) is 1. The van der Waals surface area contributed by atoms with E-state index >= 15 is 0 Å². The molecule has 0 spiro atoms. The number of thioether (sulfide) groups is 1. The summed E-state index contributed by atoms with van der Waals surface area (Å²) in [5.74, 6) is 2.58. The number of hydrogen-bond acceptors (Lipinski definition) is 4. The summed E-state index contributed by atoms with van der Waals surface area (Å²) < 4.78 is 10.8. The lowest BCUT2D eigenvalue weighted by atomic mass is 9.97. The van der Waals surface area contributed by atoms with Crippen molar-refractivity contribution in [1.29, 1.82) is 0 Å². The van der Waals surface area contributed by atoms with Crippen LogP contribution in [0.2, 0.25) is 0 Å². The third-order valence-electron chi connectivity index (χ3n) is 5.10. The van der Waals surface area contributed by atoms with Gasteiger partial charge in [-0.25, -0.2) is 0 Å². The highest BCUT2D eigenvalue weighted by Gasteiger charge is 2.45. The van der Waals surface area contributed by atoms with Crippen LogP contribution in [0.5, 0.6) is 11.5 Å². The summed E-state index contributed by atoms with van der Waals surface area (Å²) >= 11 is 1.70. The van der Waals surface area contributed by atoms with Gasteiger partial charge >= 0.3 is 0 Å². The Labute approximate surface area is 165 Å². The highest BCUT2D eigenvalue weighted by molar-refractivity contribution is 8.00. The molecule has 0 unspecified atom stereocenters. The summed E-state index contributed by atoms with van der Waals surface area (Å²) in [6, 6.07) is 17.5. The van der Waals surface area contributed by atoms with Crippen LogP contribution in [0.1, 0.15) is 32.8 Å². The average molecular weight is 386 g/mol. The first-order chi connectivity index (χ1) is 12.9. The number of benzene rings is 2. The number of rotatable bonds is 5. The molecule has 3 rings (SSSR count). The standard InChI is InChI=1S/C22H27NO3S/c1-21(2,25-4)23-15-8-16-27-22(3,20(23)24)17-11-13-19(14-12-17)26-18-9-6-5-7-10-18/h5-7,9-14H,8,15-16H2,1-4H3/t22-/m1/s1. The van der Waals surface area contributed by atoms with Crippen molar-refractivity contribution in [2.75, 3.05) is 19.4 Å². The molecule has 144 valence electrons. The van der Waals surface area contributed by atoms with Gasteiger partial charge in [-0.3, -0.25) is 4.79 Å². The van der Waals surface area contributed by atoms with Gasteiger partial charge in [0, 0.05) is 13.7 Å². The summed E-state index contributed by atoms with van der Waals surface area (Å²) in [6.45, 7) is 6.60. The van der Waals surface area contributed by atoms with Crippen molar-refractivity contribution < 1.29 is 14.3 Å². The molecule has 1 fully saturated rings. The predicted molar refractivity (Wildman–Crippen MR) is 110 cm³/mol. The minimum atomic E-state index is -0.641. The van der Waals surface area contributed by atoms with Gasteiger partial charge in [0.1, 0.15) is 22.0 Å². The molecule has 2 aromatic carbocycles. The molecule has 1 aliphatic rings. The van der Waals surface area contributed by atoms with Gasteiger partial charge in [-0.15, -0.1) is 11.8 Å². The van der Waals surface area contributed by atoms with E-state index in [4.69, 9.17) is 9.47 Å². The fraction of sp³-hybridized carbons (Fsp3) is 0.409. The van der Waals surface area contributed by atoms with Gasteiger partial charge in [-0.05, 0) is 62.8 Å². The third kappa shape index (κ3) is 4.14. The Morgan fingerprint density at radius 3 is 2.30 bits per heavy atom. The van der Waals surface area contributed by atoms with E-state index in [1.54, 1.807) is 18.9 Å². The maximum Gasteiger partial charge on any atom is 0.245 e. The van der Waals surface area contributed by atoms with Crippen LogP contribution in [-0.4, -0.2) is 35.9 Å². The van der Waals surface area contributed by atoms with Crippen molar-refractivity contribution >= 4 is 17.7 Å². The Morgan fingerprint density at radius 2 is 1.67 bits per heavy atom. The maximum absolute atomic E-state index is 13.4. The molecule has 1 atom stereocenters. The fourth-order valence-electron chi connectivity index (χ4n) is 3.22. The number of hydrogen-bond donors (Lipinski definition) is 0. The zero-order valence-corrected chi connectivity index (χ0v) is 17.2. The largest absolute Gasteiger partial charge is 0.457 e. The highest BCUT2D eigenvalue weighted by Crippen LogP contribution is 2.42. The SMILES string of the molecule is COC(C)(C)N1CCCS[C@](C)(c2ccc(Oc3ccccc3)cc2)C1=O. The Morgan fingerprint density at radius 1 is 1.04 bits per heavy atom. The number of para-hydroxylation sites is 1. The van der Waals surface area contributed by atoms with Crippen molar-refractivity contribution in [1.82, 2.24) is 4.90 Å². The van der Waals surface area contributed by atoms with E-state index in [-0.39, 0.29) is 5.91 Å². The maximum atomic E-state index is 13.4. The van der Waals surface area contributed by atoms with Gasteiger partial charge in [-0.1, -0.05) is 30.3 Å². The monoisotopic (exact) mass is 385 g/mol. The third-order valence-corrected chi connectivity index (χ3v) is 6.58. The Balaban J connectivity index is 1.85. The van der Waals surface area contributed by atoms with Crippen molar-refractivity contribution in [3.63, 3.8) is 0 Å². The van der Waals surface area contributed by atoms with Crippen molar-refractivity contribution in [2.24, 2.45) is 0 Å². The van der Waals surface area contributed by atoms with Gasteiger partial charge in [0.2, 0.25) is 5.91 Å². The topological polar surface area (TPSA) is 38.8 Å². The Hall–Kier alpha value is -1.98. The van der Waals surface area contributed by atoms with E-state index in [2.05, 4.69) is 0 Å². The molecule has 4 nitrogen and oxygen atoms in total. The second kappa shape index (κ2) is 7.95. The second-order valence-corrected chi connectivity index (χ2v) is 8.80. The molecule has 0 radical (unpaired) electrons. The van der Waals surface area contributed by atoms with Crippen molar-refractivity contribution in [2.45, 2.75) is 37.7 Å². The molecule has 0 bridgehead atoms. The van der Waals surface area contributed by atoms with Crippen LogP contribution in [-0.2, 0) is 14.3 Å². The number of carbonyl (C=O) groups is 1. The Kier molecular flexibility index (Phi) is 5.82. The molecular weight excluding hydrogens is 358 g/mol. The van der Waals surface area contributed by atoms with Gasteiger partial charge in [0.05, 0.1) is 0 Å². The van der Waals surface area contributed by atoms with Crippen LogP contribution in [0, 0.1) is 0 Å². The van der Waals surface area contributed by atoms with E-state index in [1.807, 2.05) is 80.3 Å². The predicted octanol–water partition coefficient (Wildman–Crippen LogP) is 5.04. The van der Waals surface area contributed by atoms with Gasteiger partial charge in [0.15, 0.2) is 0 Å². The first-order valence-corrected chi connectivity index (χ1v) is 10.2. The average Bonchev–Trinajstić information content (AvgIpc) is 2.83. The summed E-state index contributed by atoms with van der Waals surface area (Å²) in [5, 5.41) is 0. The van der Waals surface area contributed by atoms with Gasteiger partial charge < -0.3 is 14.4 Å². The number of amides is 1. The molecule has 1 saturated heterocycles. The molecule has 27 heavy (non-hydrogen) atoms. The quantitative estimate of drug-likeness (QED) is 0.723. The van der Waals surface area contributed by atoms with E-state index < -0.39 is 10.5 Å². The number of ether oxygens (including phenoxy) is 2. The molecular formula is C22H27NO3S. The van der Waals surface area contributed by atoms with Crippen molar-refractivity contribution in [3.8, 4) is 11.5 Å². The lowest BCUT2D eigenvalue weighted by molar-refractivity contribution is -0.161. The molecule has 1 aliphatic heterocycles. The zero-order chi connectivity index (χ0) is 19.5. The second-order valence-electron chi connectivity index (χ2n) is 7.28. The molecule has 5 heteroatoms. The lowest BCUT2D eigenvalue weighted by Gasteiger charge is -2.40. The minimum absolute atomic E-state index is 0.0913.